The molecule has 1 aromatic heterocycles. The Kier molecular flexibility index (Phi) is 5.41. The Morgan fingerprint density at radius 3 is 2.52 bits per heavy atom. The van der Waals surface area contributed by atoms with Crippen LogP contribution in [0.5, 0.6) is 5.75 Å². The van der Waals surface area contributed by atoms with Crippen LogP contribution in [0.1, 0.15) is 16.7 Å². The van der Waals surface area contributed by atoms with Crippen LogP contribution in [0.2, 0.25) is 0 Å². The second kappa shape index (κ2) is 7.75. The van der Waals surface area contributed by atoms with Crippen LogP contribution in [-0.2, 0) is 6.54 Å². The highest BCUT2D eigenvalue weighted by Gasteiger charge is 2.16. The Bertz CT molecular complexity index is 992. The highest BCUT2D eigenvalue weighted by molar-refractivity contribution is 5.51. The number of hydrogen-bond donors (Lipinski definition) is 1. The highest BCUT2D eigenvalue weighted by atomic mass is 19.1. The van der Waals surface area contributed by atoms with Gasteiger partial charge in [-0.2, -0.15) is 4.68 Å². The molecule has 0 amide bonds. The Balaban J connectivity index is 1.68. The molecule has 3 aromatic rings. The molecule has 1 atom stereocenters. The zero-order valence-corrected chi connectivity index (χ0v) is 15.4. The summed E-state index contributed by atoms with van der Waals surface area (Å²) >= 11 is 0. The van der Waals surface area contributed by atoms with Crippen molar-refractivity contribution in [1.82, 2.24) is 9.78 Å². The minimum atomic E-state index is -0.951. The first-order valence-corrected chi connectivity index (χ1v) is 8.56. The molecule has 1 N–H and O–H groups in total. The number of aryl methyl sites for hydroxylation is 2. The van der Waals surface area contributed by atoms with E-state index in [1.54, 1.807) is 0 Å². The maximum Gasteiger partial charge on any atom is 0.437 e. The lowest BCUT2D eigenvalue weighted by Crippen LogP contribution is -2.29. The zero-order valence-electron chi connectivity index (χ0n) is 15.4. The van der Waals surface area contributed by atoms with Crippen LogP contribution in [0.25, 0.3) is 11.5 Å². The van der Waals surface area contributed by atoms with Gasteiger partial charge in [0, 0.05) is 5.56 Å². The molecule has 0 saturated heterocycles. The molecule has 6 nitrogen and oxygen atoms in total. The van der Waals surface area contributed by atoms with Gasteiger partial charge in [-0.3, -0.25) is 0 Å². The van der Waals surface area contributed by atoms with Gasteiger partial charge in [0.2, 0.25) is 5.89 Å². The Morgan fingerprint density at radius 1 is 1.15 bits per heavy atom. The summed E-state index contributed by atoms with van der Waals surface area (Å²) in [5, 5.41) is 14.3. The van der Waals surface area contributed by atoms with E-state index in [4.69, 9.17) is 9.15 Å². The maximum atomic E-state index is 13.0. The molecule has 3 rings (SSSR count). The van der Waals surface area contributed by atoms with E-state index in [0.29, 0.717) is 5.56 Å². The summed E-state index contributed by atoms with van der Waals surface area (Å²) in [5.74, 6) is -0.293. The monoisotopic (exact) mass is 372 g/mol. The van der Waals surface area contributed by atoms with Crippen molar-refractivity contribution in [1.29, 1.82) is 0 Å². The van der Waals surface area contributed by atoms with Gasteiger partial charge in [-0.25, -0.2) is 9.18 Å². The van der Waals surface area contributed by atoms with E-state index >= 15 is 0 Å². The second-order valence-electron chi connectivity index (χ2n) is 6.48. The van der Waals surface area contributed by atoms with Crippen molar-refractivity contribution in [3.05, 3.63) is 69.5 Å². The smallest absolute Gasteiger partial charge is 0.437 e. The average Bonchev–Trinajstić information content (AvgIpc) is 2.99. The first-order valence-electron chi connectivity index (χ1n) is 8.56. The molecule has 142 valence electrons. The third-order valence-electron chi connectivity index (χ3n) is 4.37. The van der Waals surface area contributed by atoms with E-state index in [9.17, 15) is 14.3 Å². The van der Waals surface area contributed by atoms with E-state index in [0.717, 1.165) is 27.1 Å². The van der Waals surface area contributed by atoms with Gasteiger partial charge in [-0.15, -0.1) is 5.10 Å². The number of aliphatic hydroxyl groups is 1. The van der Waals surface area contributed by atoms with E-state index < -0.39 is 17.7 Å². The molecule has 0 bridgehead atoms. The largest absolute Gasteiger partial charge is 0.490 e. The van der Waals surface area contributed by atoms with Crippen molar-refractivity contribution in [2.45, 2.75) is 33.4 Å². The normalized spacial score (nSPS) is 12.2. The molecule has 0 aliphatic carbocycles. The fourth-order valence-electron chi connectivity index (χ4n) is 2.71. The quantitative estimate of drug-likeness (QED) is 0.720. The summed E-state index contributed by atoms with van der Waals surface area (Å²) in [5.41, 5.74) is 3.56. The minimum absolute atomic E-state index is 0.0102. The number of hydrogen-bond acceptors (Lipinski definition) is 5. The van der Waals surface area contributed by atoms with Gasteiger partial charge in [0.15, 0.2) is 0 Å². The third kappa shape index (κ3) is 4.25. The lowest BCUT2D eigenvalue weighted by atomic mass is 10.1. The Labute approximate surface area is 155 Å². The molecule has 0 aliphatic heterocycles. The summed E-state index contributed by atoms with van der Waals surface area (Å²) in [7, 11) is 0. The van der Waals surface area contributed by atoms with Crippen molar-refractivity contribution < 1.29 is 18.7 Å². The standard InChI is InChI=1S/C20H21FN2O4/c1-12-4-5-13(2)18(14(12)3)26-11-17(24)10-23-20(25)27-19(22-23)15-6-8-16(21)9-7-15/h4-9,17,24H,10-11H2,1-3H3/t17-/m0/s1. The SMILES string of the molecule is Cc1ccc(C)c(OC[C@@H](O)Cn2nc(-c3ccc(F)cc3)oc2=O)c1C. The molecule has 27 heavy (non-hydrogen) atoms. The van der Waals surface area contributed by atoms with Gasteiger partial charge >= 0.3 is 5.76 Å². The van der Waals surface area contributed by atoms with Crippen LogP contribution in [0.4, 0.5) is 4.39 Å². The molecule has 0 aliphatic rings. The molecule has 2 aromatic carbocycles. The van der Waals surface area contributed by atoms with Crippen LogP contribution < -0.4 is 10.5 Å². The lowest BCUT2D eigenvalue weighted by Gasteiger charge is -2.16. The van der Waals surface area contributed by atoms with Crippen molar-refractivity contribution in [3.8, 4) is 17.2 Å². The number of nitrogens with zero attached hydrogens (tertiary/aromatic N) is 2. The topological polar surface area (TPSA) is 77.5 Å². The molecule has 0 saturated carbocycles. The molecular formula is C20H21FN2O4. The van der Waals surface area contributed by atoms with Crippen molar-refractivity contribution >= 4 is 0 Å². The molecular weight excluding hydrogens is 351 g/mol. The molecule has 0 spiro atoms. The van der Waals surface area contributed by atoms with Gasteiger partial charge < -0.3 is 14.3 Å². The number of aromatic nitrogens is 2. The van der Waals surface area contributed by atoms with Crippen molar-refractivity contribution in [3.63, 3.8) is 0 Å². The van der Waals surface area contributed by atoms with Crippen LogP contribution in [-0.4, -0.2) is 27.6 Å². The molecule has 0 fully saturated rings. The highest BCUT2D eigenvalue weighted by Crippen LogP contribution is 2.25. The summed E-state index contributed by atoms with van der Waals surface area (Å²) in [4.78, 5) is 12.0. The van der Waals surface area contributed by atoms with Gasteiger partial charge in [-0.1, -0.05) is 12.1 Å². The lowest BCUT2D eigenvalue weighted by molar-refractivity contribution is 0.0869. The predicted octanol–water partition coefficient (Wildman–Crippen LogP) is 3.01. The summed E-state index contributed by atoms with van der Waals surface area (Å²) in [6.45, 7) is 5.82. The summed E-state index contributed by atoms with van der Waals surface area (Å²) < 4.78 is 24.9. The van der Waals surface area contributed by atoms with E-state index in [1.165, 1.54) is 24.3 Å². The van der Waals surface area contributed by atoms with Gasteiger partial charge in [-0.05, 0) is 61.7 Å². The fraction of sp³-hybridized carbons (Fsp3) is 0.300. The van der Waals surface area contributed by atoms with E-state index in [-0.39, 0.29) is 19.0 Å². The number of benzene rings is 2. The predicted molar refractivity (Wildman–Crippen MR) is 98.3 cm³/mol. The summed E-state index contributed by atoms with van der Waals surface area (Å²) in [6.07, 6.45) is -0.951. The van der Waals surface area contributed by atoms with Crippen LogP contribution in [0, 0.1) is 26.6 Å². The van der Waals surface area contributed by atoms with Gasteiger partial charge in [0.05, 0.1) is 6.54 Å². The number of rotatable bonds is 6. The molecule has 7 heteroatoms. The number of halogens is 1. The third-order valence-corrected chi connectivity index (χ3v) is 4.37. The van der Waals surface area contributed by atoms with Crippen LogP contribution in [0.15, 0.2) is 45.6 Å². The molecule has 1 heterocycles. The van der Waals surface area contributed by atoms with Crippen molar-refractivity contribution in [2.75, 3.05) is 6.61 Å². The first-order chi connectivity index (χ1) is 12.8. The number of aliphatic hydroxyl groups excluding tert-OH is 1. The van der Waals surface area contributed by atoms with Gasteiger partial charge in [0.25, 0.3) is 0 Å². The van der Waals surface area contributed by atoms with Crippen LogP contribution in [0.3, 0.4) is 0 Å². The Hall–Kier alpha value is -2.93. The average molecular weight is 372 g/mol. The maximum absolute atomic E-state index is 13.0. The fourth-order valence-corrected chi connectivity index (χ4v) is 2.71. The number of ether oxygens (including phenoxy) is 1. The zero-order chi connectivity index (χ0) is 19.6. The first kappa shape index (κ1) is 18.8. The van der Waals surface area contributed by atoms with Crippen LogP contribution >= 0.6 is 0 Å². The minimum Gasteiger partial charge on any atom is -0.490 e. The van der Waals surface area contributed by atoms with E-state index in [2.05, 4.69) is 5.10 Å². The molecule has 0 unspecified atom stereocenters. The van der Waals surface area contributed by atoms with Gasteiger partial charge in [0.1, 0.15) is 24.3 Å². The molecule has 0 radical (unpaired) electrons. The van der Waals surface area contributed by atoms with Crippen molar-refractivity contribution in [2.24, 2.45) is 0 Å². The second-order valence-corrected chi connectivity index (χ2v) is 6.48. The van der Waals surface area contributed by atoms with E-state index in [1.807, 2.05) is 32.9 Å². The summed E-state index contributed by atoms with van der Waals surface area (Å²) in [6, 6.07) is 9.41. The Morgan fingerprint density at radius 2 is 1.81 bits per heavy atom.